The highest BCUT2D eigenvalue weighted by Gasteiger charge is 2.38. The zero-order chi connectivity index (χ0) is 12.1. The number of fused-ring (bicyclic) bond motifs is 5. The van der Waals surface area contributed by atoms with Crippen LogP contribution in [0.4, 0.5) is 0 Å². The molecule has 1 aromatic heterocycles. The minimum Gasteiger partial charge on any atom is -0.493 e. The van der Waals surface area contributed by atoms with Crippen molar-refractivity contribution in [3.63, 3.8) is 0 Å². The average molecular weight is 277 g/mol. The summed E-state index contributed by atoms with van der Waals surface area (Å²) in [5.41, 5.74) is 1.23. The summed E-state index contributed by atoms with van der Waals surface area (Å²) in [7, 11) is 0. The highest BCUT2D eigenvalue weighted by molar-refractivity contribution is 7.99. The third-order valence-corrected chi connectivity index (χ3v) is 5.84. The Morgan fingerprint density at radius 2 is 2.22 bits per heavy atom. The zero-order valence-electron chi connectivity index (χ0n) is 9.51. The van der Waals surface area contributed by atoms with Gasteiger partial charge in [-0.3, -0.25) is 4.79 Å². The van der Waals surface area contributed by atoms with Crippen molar-refractivity contribution < 1.29 is 4.74 Å². The number of thioether (sulfide) groups is 1. The van der Waals surface area contributed by atoms with Crippen LogP contribution in [0.5, 0.6) is 5.75 Å². The molecule has 3 nitrogen and oxygen atoms in total. The molecule has 0 unspecified atom stereocenters. The van der Waals surface area contributed by atoms with E-state index in [-0.39, 0.29) is 4.87 Å². The van der Waals surface area contributed by atoms with Gasteiger partial charge < -0.3 is 9.72 Å². The number of para-hydroxylation sites is 1. The van der Waals surface area contributed by atoms with E-state index in [1.807, 2.05) is 18.2 Å². The molecule has 2 aliphatic heterocycles. The number of nitrogens with one attached hydrogen (secondary N) is 1. The van der Waals surface area contributed by atoms with Gasteiger partial charge in [0.1, 0.15) is 5.75 Å². The van der Waals surface area contributed by atoms with Gasteiger partial charge >= 0.3 is 4.87 Å². The number of thiazole rings is 1. The monoisotopic (exact) mass is 277 g/mol. The van der Waals surface area contributed by atoms with Gasteiger partial charge in [-0.2, -0.15) is 0 Å². The molecule has 0 fully saturated rings. The second-order valence-corrected chi connectivity index (χ2v) is 6.65. The average Bonchev–Trinajstić information content (AvgIpc) is 2.78. The number of hydrogen-bond donors (Lipinski definition) is 1. The maximum Gasteiger partial charge on any atom is 0.305 e. The molecule has 1 N–H and O–H groups in total. The molecule has 1 aromatic carbocycles. The molecular weight excluding hydrogens is 266 g/mol. The Kier molecular flexibility index (Phi) is 2.32. The first-order valence-corrected chi connectivity index (χ1v) is 7.70. The number of hydrogen-bond acceptors (Lipinski definition) is 4. The van der Waals surface area contributed by atoms with E-state index in [9.17, 15) is 4.79 Å². The maximum absolute atomic E-state index is 11.6. The molecule has 0 amide bonds. The SMILES string of the molecule is O=c1[nH]c2c(s1)[C@@H]1c3ccccc3OC[C@@H]1CS2. The van der Waals surface area contributed by atoms with E-state index in [0.717, 1.165) is 23.1 Å². The first-order valence-electron chi connectivity index (χ1n) is 5.90. The molecule has 0 saturated heterocycles. The van der Waals surface area contributed by atoms with Gasteiger partial charge in [0.25, 0.3) is 0 Å². The van der Waals surface area contributed by atoms with Crippen LogP contribution in [0.1, 0.15) is 16.4 Å². The molecule has 2 atom stereocenters. The molecule has 18 heavy (non-hydrogen) atoms. The van der Waals surface area contributed by atoms with Gasteiger partial charge in [-0.15, -0.1) is 11.8 Å². The molecular formula is C13H11NO2S2. The molecule has 92 valence electrons. The van der Waals surface area contributed by atoms with Crippen LogP contribution in [-0.4, -0.2) is 17.3 Å². The number of aromatic amines is 1. The molecule has 3 heterocycles. The molecule has 0 radical (unpaired) electrons. The Morgan fingerprint density at radius 1 is 1.33 bits per heavy atom. The first-order chi connectivity index (χ1) is 8.83. The van der Waals surface area contributed by atoms with Crippen LogP contribution < -0.4 is 9.61 Å². The second kappa shape index (κ2) is 3.90. The largest absolute Gasteiger partial charge is 0.493 e. The van der Waals surface area contributed by atoms with Gasteiger partial charge in [-0.05, 0) is 6.07 Å². The third-order valence-electron chi connectivity index (χ3n) is 3.54. The molecule has 0 aliphatic carbocycles. The Labute approximate surface area is 112 Å². The van der Waals surface area contributed by atoms with Crippen LogP contribution in [0, 0.1) is 5.92 Å². The molecule has 2 aromatic rings. The highest BCUT2D eigenvalue weighted by Crippen LogP contribution is 2.49. The molecule has 0 spiro atoms. The van der Waals surface area contributed by atoms with Crippen LogP contribution in [0.15, 0.2) is 34.1 Å². The molecule has 5 heteroatoms. The highest BCUT2D eigenvalue weighted by atomic mass is 32.2. The van der Waals surface area contributed by atoms with Gasteiger partial charge in [0.15, 0.2) is 0 Å². The third kappa shape index (κ3) is 1.47. The minimum absolute atomic E-state index is 0.0529. The van der Waals surface area contributed by atoms with Gasteiger partial charge in [0, 0.05) is 28.0 Å². The Morgan fingerprint density at radius 3 is 3.17 bits per heavy atom. The Bertz CT molecular complexity index is 661. The number of benzene rings is 1. The number of aromatic nitrogens is 1. The van der Waals surface area contributed by atoms with Gasteiger partial charge in [-0.25, -0.2) is 0 Å². The van der Waals surface area contributed by atoms with Gasteiger partial charge in [0.2, 0.25) is 0 Å². The lowest BCUT2D eigenvalue weighted by Gasteiger charge is -2.35. The predicted molar refractivity (Wildman–Crippen MR) is 72.9 cm³/mol. The van der Waals surface area contributed by atoms with Crippen molar-refractivity contribution in [1.29, 1.82) is 0 Å². The second-order valence-electron chi connectivity index (χ2n) is 4.61. The van der Waals surface area contributed by atoms with E-state index in [1.165, 1.54) is 21.8 Å². The fourth-order valence-corrected chi connectivity index (χ4v) is 5.16. The summed E-state index contributed by atoms with van der Waals surface area (Å²) in [6.45, 7) is 0.750. The lowest BCUT2D eigenvalue weighted by Crippen LogP contribution is -2.30. The summed E-state index contributed by atoms with van der Waals surface area (Å²) in [5.74, 6) is 2.79. The Hall–Kier alpha value is -1.20. The standard InChI is InChI=1S/C13H11NO2S2/c15-13-14-12-11(18-13)10-7(6-17-12)5-16-9-4-2-1-3-8(9)10/h1-4,7,10H,5-6H2,(H,14,15)/t7-,10+/m1/s1. The van der Waals surface area contributed by atoms with E-state index in [2.05, 4.69) is 11.1 Å². The van der Waals surface area contributed by atoms with Crippen molar-refractivity contribution in [2.24, 2.45) is 5.92 Å². The van der Waals surface area contributed by atoms with E-state index < -0.39 is 0 Å². The van der Waals surface area contributed by atoms with E-state index >= 15 is 0 Å². The fraction of sp³-hybridized carbons (Fsp3) is 0.308. The van der Waals surface area contributed by atoms with Crippen LogP contribution in [0.3, 0.4) is 0 Å². The molecule has 0 bridgehead atoms. The fourth-order valence-electron chi connectivity index (χ4n) is 2.74. The molecule has 0 saturated carbocycles. The van der Waals surface area contributed by atoms with Crippen LogP contribution in [-0.2, 0) is 0 Å². The van der Waals surface area contributed by atoms with Crippen molar-refractivity contribution in [2.45, 2.75) is 10.9 Å². The predicted octanol–water partition coefficient (Wildman–Crippen LogP) is 2.68. The summed E-state index contributed by atoms with van der Waals surface area (Å²) in [6, 6.07) is 8.18. The minimum atomic E-state index is 0.0529. The summed E-state index contributed by atoms with van der Waals surface area (Å²) in [5, 5.41) is 1.06. The Balaban J connectivity index is 1.93. The number of ether oxygens (including phenoxy) is 1. The van der Waals surface area contributed by atoms with Gasteiger partial charge in [0.05, 0.1) is 11.6 Å². The lowest BCUT2D eigenvalue weighted by molar-refractivity contribution is 0.219. The number of H-pyrrole nitrogens is 1. The van der Waals surface area contributed by atoms with Crippen LogP contribution in [0.25, 0.3) is 0 Å². The van der Waals surface area contributed by atoms with E-state index in [4.69, 9.17) is 4.74 Å². The maximum atomic E-state index is 11.6. The van der Waals surface area contributed by atoms with E-state index in [1.54, 1.807) is 11.8 Å². The van der Waals surface area contributed by atoms with E-state index in [0.29, 0.717) is 11.8 Å². The normalized spacial score (nSPS) is 24.7. The summed E-state index contributed by atoms with van der Waals surface area (Å²) < 4.78 is 5.82. The number of rotatable bonds is 0. The summed E-state index contributed by atoms with van der Waals surface area (Å²) >= 11 is 3.10. The summed E-state index contributed by atoms with van der Waals surface area (Å²) in [6.07, 6.45) is 0. The van der Waals surface area contributed by atoms with Crippen molar-refractivity contribution in [2.75, 3.05) is 12.4 Å². The van der Waals surface area contributed by atoms with Crippen LogP contribution >= 0.6 is 23.1 Å². The van der Waals surface area contributed by atoms with Gasteiger partial charge in [-0.1, -0.05) is 29.5 Å². The summed E-state index contributed by atoms with van der Waals surface area (Å²) in [4.78, 5) is 15.8. The first kappa shape index (κ1) is 10.7. The topological polar surface area (TPSA) is 42.1 Å². The van der Waals surface area contributed by atoms with Crippen LogP contribution in [0.2, 0.25) is 0 Å². The van der Waals surface area contributed by atoms with Crippen molar-refractivity contribution in [1.82, 2.24) is 4.98 Å². The van der Waals surface area contributed by atoms with Crippen molar-refractivity contribution >= 4 is 23.1 Å². The zero-order valence-corrected chi connectivity index (χ0v) is 11.1. The smallest absolute Gasteiger partial charge is 0.305 e. The molecule has 2 aliphatic rings. The van der Waals surface area contributed by atoms with Crippen molar-refractivity contribution in [3.8, 4) is 5.75 Å². The molecule has 4 rings (SSSR count). The lowest BCUT2D eigenvalue weighted by atomic mass is 9.84. The quantitative estimate of drug-likeness (QED) is 0.805. The van der Waals surface area contributed by atoms with Crippen molar-refractivity contribution in [3.05, 3.63) is 44.4 Å².